The van der Waals surface area contributed by atoms with Gasteiger partial charge in [-0.05, 0) is 71.9 Å². The predicted molar refractivity (Wildman–Crippen MR) is 145 cm³/mol. The number of Topliss-reactive ketones (excluding diaryl/α,β-unsaturated/α-hetero) is 1. The molecule has 0 spiro atoms. The first-order valence-electron chi connectivity index (χ1n) is 13.1. The van der Waals surface area contributed by atoms with Crippen LogP contribution in [0.2, 0.25) is 0 Å². The molecule has 3 aromatic rings. The van der Waals surface area contributed by atoms with Crippen molar-refractivity contribution in [3.63, 3.8) is 0 Å². The predicted octanol–water partition coefficient (Wildman–Crippen LogP) is 8.44. The Morgan fingerprint density at radius 1 is 1.06 bits per heavy atom. The third-order valence-electron chi connectivity index (χ3n) is 7.74. The number of ketones is 1. The highest BCUT2D eigenvalue weighted by Gasteiger charge is 2.29. The number of allylic oxidation sites excluding steroid dienone is 1. The zero-order chi connectivity index (χ0) is 25.1. The van der Waals surface area contributed by atoms with Crippen LogP contribution in [0.5, 0.6) is 0 Å². The van der Waals surface area contributed by atoms with E-state index in [2.05, 4.69) is 30.4 Å². The summed E-state index contributed by atoms with van der Waals surface area (Å²) in [5, 5.41) is 0. The van der Waals surface area contributed by atoms with Crippen LogP contribution in [0.3, 0.4) is 0 Å². The largest absolute Gasteiger partial charge is 0.299 e. The fraction of sp³-hybridized carbons (Fsp3) is 0.375. The fourth-order valence-corrected chi connectivity index (χ4v) is 6.01. The zero-order valence-corrected chi connectivity index (χ0v) is 20.9. The third kappa shape index (κ3) is 5.48. The van der Waals surface area contributed by atoms with Gasteiger partial charge in [0.1, 0.15) is 5.78 Å². The lowest BCUT2D eigenvalue weighted by molar-refractivity contribution is -0.117. The van der Waals surface area contributed by atoms with Gasteiger partial charge in [-0.15, -0.1) is 0 Å². The number of fused-ring (bicyclic) bond motifs is 1. The van der Waals surface area contributed by atoms with Crippen molar-refractivity contribution in [3.05, 3.63) is 106 Å². The Labute approximate surface area is 215 Å². The minimum Gasteiger partial charge on any atom is -0.299 e. The van der Waals surface area contributed by atoms with Crippen molar-refractivity contribution in [1.29, 1.82) is 0 Å². The Hall–Kier alpha value is -3.14. The molecule has 5 rings (SSSR count). The standard InChI is InChI=1S/C32H33F2NO.2H2/c1-32(33,34)30-15-5-3-10-26(30)21-28(36)19-22-8-6-11-24(18-22)25-12-7-13-27(20-25)31-29-14-4-2-9-23(29)16-17-35-31;;/h3-6,8,10-11,14-18,25,27H,2,7,9,12-13,19-21H2,1H3;2*1H. The molecule has 2 atom stereocenters. The number of hydrogen-bond acceptors (Lipinski definition) is 2. The van der Waals surface area contributed by atoms with Gasteiger partial charge in [-0.3, -0.25) is 9.78 Å². The molecule has 1 heterocycles. The lowest BCUT2D eigenvalue weighted by Gasteiger charge is -2.31. The van der Waals surface area contributed by atoms with Crippen LogP contribution >= 0.6 is 0 Å². The number of rotatable bonds is 7. The normalized spacial score (nSPS) is 19.6. The number of benzene rings is 2. The van der Waals surface area contributed by atoms with Crippen molar-refractivity contribution in [2.24, 2.45) is 0 Å². The Morgan fingerprint density at radius 3 is 2.75 bits per heavy atom. The molecule has 0 aliphatic heterocycles. The summed E-state index contributed by atoms with van der Waals surface area (Å²) in [6.45, 7) is 0.883. The summed E-state index contributed by atoms with van der Waals surface area (Å²) in [6, 6.07) is 16.8. The van der Waals surface area contributed by atoms with Crippen molar-refractivity contribution in [2.75, 3.05) is 0 Å². The average molecular weight is 490 g/mol. The van der Waals surface area contributed by atoms with Gasteiger partial charge in [0.05, 0.1) is 5.69 Å². The van der Waals surface area contributed by atoms with Crippen LogP contribution in [0.25, 0.3) is 6.08 Å². The quantitative estimate of drug-likeness (QED) is 0.333. The van der Waals surface area contributed by atoms with Gasteiger partial charge in [-0.1, -0.05) is 67.1 Å². The lowest BCUT2D eigenvalue weighted by Crippen LogP contribution is -2.17. The SMILES string of the molecule is CC(F)(F)c1ccccc1CC(=O)Cc1cccc(C2CCCC(c3nccc4c3C=CCC4)C2)c1.[HH].[HH]. The van der Waals surface area contributed by atoms with E-state index in [1.54, 1.807) is 18.2 Å². The first kappa shape index (κ1) is 24.5. The Balaban J connectivity index is 0.00000200. The zero-order valence-electron chi connectivity index (χ0n) is 20.9. The first-order chi connectivity index (χ1) is 17.4. The van der Waals surface area contributed by atoms with Crippen LogP contribution < -0.4 is 0 Å². The molecule has 0 bridgehead atoms. The second-order valence-electron chi connectivity index (χ2n) is 10.5. The number of nitrogens with zero attached hydrogens (tertiary/aromatic N) is 1. The summed E-state index contributed by atoms with van der Waals surface area (Å²) in [5.41, 5.74) is 6.55. The number of hydrogen-bond donors (Lipinski definition) is 0. The maximum Gasteiger partial charge on any atom is 0.270 e. The monoisotopic (exact) mass is 489 g/mol. The topological polar surface area (TPSA) is 30.0 Å². The molecular weight excluding hydrogens is 452 g/mol. The Kier molecular flexibility index (Phi) is 7.13. The highest BCUT2D eigenvalue weighted by Crippen LogP contribution is 2.42. The van der Waals surface area contributed by atoms with Crippen LogP contribution in [-0.4, -0.2) is 10.8 Å². The molecule has 2 aromatic carbocycles. The number of halogens is 2. The van der Waals surface area contributed by atoms with Crippen molar-refractivity contribution in [2.45, 2.75) is 76.0 Å². The van der Waals surface area contributed by atoms with Crippen LogP contribution in [0.4, 0.5) is 8.78 Å². The summed E-state index contributed by atoms with van der Waals surface area (Å²) < 4.78 is 28.0. The summed E-state index contributed by atoms with van der Waals surface area (Å²) >= 11 is 0. The second-order valence-corrected chi connectivity index (χ2v) is 10.5. The molecule has 1 saturated carbocycles. The lowest BCUT2D eigenvalue weighted by atomic mass is 9.75. The van der Waals surface area contributed by atoms with E-state index in [-0.39, 0.29) is 27.0 Å². The smallest absolute Gasteiger partial charge is 0.270 e. The third-order valence-corrected chi connectivity index (χ3v) is 7.74. The van der Waals surface area contributed by atoms with Crippen molar-refractivity contribution in [3.8, 4) is 0 Å². The molecule has 190 valence electrons. The molecule has 0 N–H and O–H groups in total. The minimum atomic E-state index is -2.96. The Bertz CT molecular complexity index is 1280. The molecule has 2 nitrogen and oxygen atoms in total. The van der Waals surface area contributed by atoms with E-state index in [1.165, 1.54) is 28.5 Å². The Morgan fingerprint density at radius 2 is 1.89 bits per heavy atom. The molecule has 2 aliphatic carbocycles. The number of carbonyl (C=O) groups excluding carboxylic acids is 1. The van der Waals surface area contributed by atoms with E-state index >= 15 is 0 Å². The number of carbonyl (C=O) groups is 1. The highest BCUT2D eigenvalue weighted by atomic mass is 19.3. The minimum absolute atomic E-state index is 0. The summed E-state index contributed by atoms with van der Waals surface area (Å²) in [5.74, 6) is -2.13. The molecule has 0 radical (unpaired) electrons. The van der Waals surface area contributed by atoms with E-state index in [0.717, 1.165) is 51.0 Å². The van der Waals surface area contributed by atoms with E-state index in [1.807, 2.05) is 18.3 Å². The number of pyridine rings is 1. The number of alkyl halides is 2. The summed E-state index contributed by atoms with van der Waals surface area (Å²) in [4.78, 5) is 17.7. The van der Waals surface area contributed by atoms with Gasteiger partial charge >= 0.3 is 0 Å². The second kappa shape index (κ2) is 10.5. The van der Waals surface area contributed by atoms with Gasteiger partial charge in [-0.25, -0.2) is 8.78 Å². The molecule has 4 heteroatoms. The van der Waals surface area contributed by atoms with Crippen LogP contribution in [0.1, 0.15) is 92.8 Å². The van der Waals surface area contributed by atoms with Gasteiger partial charge in [0, 0.05) is 40.3 Å². The summed E-state index contributed by atoms with van der Waals surface area (Å²) in [6.07, 6.45) is 13.5. The molecule has 1 aromatic heterocycles. The van der Waals surface area contributed by atoms with Crippen LogP contribution in [-0.2, 0) is 30.0 Å². The summed E-state index contributed by atoms with van der Waals surface area (Å²) in [7, 11) is 0. The van der Waals surface area contributed by atoms with Crippen molar-refractivity contribution < 1.29 is 16.4 Å². The number of aromatic nitrogens is 1. The van der Waals surface area contributed by atoms with Gasteiger partial charge in [0.2, 0.25) is 0 Å². The van der Waals surface area contributed by atoms with Crippen LogP contribution in [0.15, 0.2) is 66.9 Å². The van der Waals surface area contributed by atoms with Gasteiger partial charge in [0.25, 0.3) is 5.92 Å². The van der Waals surface area contributed by atoms with E-state index in [9.17, 15) is 13.6 Å². The first-order valence-corrected chi connectivity index (χ1v) is 13.1. The van der Waals surface area contributed by atoms with E-state index in [0.29, 0.717) is 17.4 Å². The van der Waals surface area contributed by atoms with Gasteiger partial charge in [0.15, 0.2) is 0 Å². The van der Waals surface area contributed by atoms with Gasteiger partial charge < -0.3 is 0 Å². The molecule has 36 heavy (non-hydrogen) atoms. The number of aryl methyl sites for hydroxylation is 1. The maximum absolute atomic E-state index is 14.0. The molecule has 1 fully saturated rings. The van der Waals surface area contributed by atoms with Gasteiger partial charge in [-0.2, -0.15) is 0 Å². The maximum atomic E-state index is 14.0. The molecule has 0 amide bonds. The molecule has 0 saturated heterocycles. The highest BCUT2D eigenvalue weighted by molar-refractivity contribution is 5.83. The van der Waals surface area contributed by atoms with E-state index < -0.39 is 5.92 Å². The van der Waals surface area contributed by atoms with Crippen molar-refractivity contribution in [1.82, 2.24) is 4.98 Å². The van der Waals surface area contributed by atoms with Crippen LogP contribution in [0, 0.1) is 0 Å². The average Bonchev–Trinajstić information content (AvgIpc) is 2.88. The van der Waals surface area contributed by atoms with Crippen molar-refractivity contribution >= 4 is 11.9 Å². The molecular formula is C32H37F2NO. The van der Waals surface area contributed by atoms with E-state index in [4.69, 9.17) is 4.98 Å². The molecule has 2 unspecified atom stereocenters. The fourth-order valence-electron chi connectivity index (χ4n) is 6.01. The molecule has 2 aliphatic rings.